The van der Waals surface area contributed by atoms with E-state index in [0.717, 1.165) is 30.3 Å². The second-order valence-corrected chi connectivity index (χ2v) is 9.89. The molecule has 0 spiro atoms. The van der Waals surface area contributed by atoms with Gasteiger partial charge in [0.15, 0.2) is 0 Å². The summed E-state index contributed by atoms with van der Waals surface area (Å²) >= 11 is 1.54. The van der Waals surface area contributed by atoms with Crippen LogP contribution < -0.4 is 0 Å². The number of likely N-dealkylation sites (tertiary alicyclic amines) is 1. The Kier molecular flexibility index (Phi) is 7.40. The number of rotatable bonds is 7. The summed E-state index contributed by atoms with van der Waals surface area (Å²) in [7, 11) is 2.01. The molecule has 0 N–H and O–H groups in total. The molecule has 1 saturated heterocycles. The van der Waals surface area contributed by atoms with Crippen LogP contribution in [0.3, 0.4) is 0 Å². The summed E-state index contributed by atoms with van der Waals surface area (Å²) in [6.45, 7) is 3.57. The molecule has 3 nitrogen and oxygen atoms in total. The topological polar surface area (TPSA) is 23.6 Å². The molecule has 4 heteroatoms. The van der Waals surface area contributed by atoms with Crippen LogP contribution in [0.25, 0.3) is 0 Å². The number of thiophene rings is 1. The molecule has 2 aliphatic rings. The van der Waals surface area contributed by atoms with E-state index < -0.39 is 0 Å². The molecule has 0 saturated carbocycles. The highest BCUT2D eigenvalue weighted by Gasteiger charge is 2.32. The van der Waals surface area contributed by atoms with Gasteiger partial charge in [-0.1, -0.05) is 48.6 Å². The van der Waals surface area contributed by atoms with Crippen molar-refractivity contribution in [3.63, 3.8) is 0 Å². The molecule has 2 aromatic rings. The minimum atomic E-state index is 0.169. The lowest BCUT2D eigenvalue weighted by Gasteiger charge is -2.41. The van der Waals surface area contributed by atoms with E-state index in [1.807, 2.05) is 29.5 Å². The molecule has 2 atom stereocenters. The Labute approximate surface area is 185 Å². The predicted molar refractivity (Wildman–Crippen MR) is 126 cm³/mol. The normalized spacial score (nSPS) is 21.4. The molecule has 1 aromatic heterocycles. The van der Waals surface area contributed by atoms with E-state index in [2.05, 4.69) is 47.4 Å². The van der Waals surface area contributed by atoms with Crippen LogP contribution in [-0.4, -0.2) is 48.4 Å². The van der Waals surface area contributed by atoms with Crippen molar-refractivity contribution in [3.8, 4) is 0 Å². The highest BCUT2D eigenvalue weighted by Crippen LogP contribution is 2.29. The van der Waals surface area contributed by atoms with Crippen molar-refractivity contribution < 1.29 is 4.79 Å². The fourth-order valence-corrected chi connectivity index (χ4v) is 5.81. The van der Waals surface area contributed by atoms with Crippen LogP contribution in [0.1, 0.15) is 47.3 Å². The quantitative estimate of drug-likeness (QED) is 0.550. The summed E-state index contributed by atoms with van der Waals surface area (Å²) in [6.07, 6.45) is 11.8. The zero-order valence-corrected chi connectivity index (χ0v) is 18.9. The van der Waals surface area contributed by atoms with Crippen molar-refractivity contribution in [2.24, 2.45) is 11.8 Å². The first-order valence-electron chi connectivity index (χ1n) is 11.4. The SMILES string of the molecule is CN(C(=O)c1cccs1)[C@@H](Cc1ccccc1)C1CCN(C[C@H]2CC=CCC2)CC1. The molecule has 30 heavy (non-hydrogen) atoms. The maximum absolute atomic E-state index is 13.1. The molecule has 2 heterocycles. The van der Waals surface area contributed by atoms with Gasteiger partial charge in [-0.2, -0.15) is 0 Å². The second kappa shape index (κ2) is 10.4. The van der Waals surface area contributed by atoms with Gasteiger partial charge in [0.25, 0.3) is 5.91 Å². The van der Waals surface area contributed by atoms with E-state index in [4.69, 9.17) is 0 Å². The molecule has 1 aliphatic carbocycles. The van der Waals surface area contributed by atoms with Crippen LogP contribution in [0.2, 0.25) is 0 Å². The van der Waals surface area contributed by atoms with Crippen molar-refractivity contribution in [3.05, 3.63) is 70.4 Å². The lowest BCUT2D eigenvalue weighted by molar-refractivity contribution is 0.0580. The maximum Gasteiger partial charge on any atom is 0.263 e. The maximum atomic E-state index is 13.1. The van der Waals surface area contributed by atoms with Gasteiger partial charge in [0.1, 0.15) is 0 Å². The third-order valence-corrected chi connectivity index (χ3v) is 7.77. The fraction of sp³-hybridized carbons (Fsp3) is 0.500. The first-order chi connectivity index (χ1) is 14.7. The number of hydrogen-bond donors (Lipinski definition) is 0. The van der Waals surface area contributed by atoms with Gasteiger partial charge < -0.3 is 9.80 Å². The Balaban J connectivity index is 1.41. The van der Waals surface area contributed by atoms with Crippen molar-refractivity contribution in [1.82, 2.24) is 9.80 Å². The summed E-state index contributed by atoms with van der Waals surface area (Å²) in [4.78, 5) is 18.7. The standard InChI is InChI=1S/C26H34N2OS/c1-27(26(29)25-13-8-18-30-25)24(19-21-9-4-2-5-10-21)23-14-16-28(17-15-23)20-22-11-6-3-7-12-22/h2-6,8-10,13,18,22-24H,7,11-12,14-17,19-20H2,1H3/t22-,24-/m0/s1. The Hall–Kier alpha value is -1.91. The molecular formula is C26H34N2OS. The molecule has 160 valence electrons. The number of hydrogen-bond acceptors (Lipinski definition) is 3. The summed E-state index contributed by atoms with van der Waals surface area (Å²) in [5.41, 5.74) is 1.32. The molecule has 1 amide bonds. The van der Waals surface area contributed by atoms with Gasteiger partial charge in [-0.25, -0.2) is 0 Å². The monoisotopic (exact) mass is 422 g/mol. The van der Waals surface area contributed by atoms with Gasteiger partial charge >= 0.3 is 0 Å². The average molecular weight is 423 g/mol. The third-order valence-electron chi connectivity index (χ3n) is 6.91. The van der Waals surface area contributed by atoms with Crippen LogP contribution in [-0.2, 0) is 6.42 Å². The average Bonchev–Trinajstić information content (AvgIpc) is 3.34. The van der Waals surface area contributed by atoms with E-state index in [1.165, 1.54) is 44.2 Å². The van der Waals surface area contributed by atoms with Gasteiger partial charge in [-0.15, -0.1) is 11.3 Å². The van der Waals surface area contributed by atoms with E-state index in [1.54, 1.807) is 11.3 Å². The number of likely N-dealkylation sites (N-methyl/N-ethyl adjacent to an activating group) is 1. The molecule has 1 aromatic carbocycles. The lowest BCUT2D eigenvalue weighted by Crippen LogP contribution is -2.48. The summed E-state index contributed by atoms with van der Waals surface area (Å²) in [5.74, 6) is 1.55. The van der Waals surface area contributed by atoms with Crippen molar-refractivity contribution >= 4 is 17.2 Å². The van der Waals surface area contributed by atoms with Crippen molar-refractivity contribution in [2.75, 3.05) is 26.7 Å². The highest BCUT2D eigenvalue weighted by atomic mass is 32.1. The van der Waals surface area contributed by atoms with Crippen LogP contribution in [0.15, 0.2) is 60.0 Å². The van der Waals surface area contributed by atoms with E-state index in [0.29, 0.717) is 5.92 Å². The van der Waals surface area contributed by atoms with Gasteiger partial charge in [-0.3, -0.25) is 4.79 Å². The smallest absolute Gasteiger partial charge is 0.263 e. The molecule has 1 aliphatic heterocycles. The molecule has 0 bridgehead atoms. The molecule has 0 unspecified atom stereocenters. The Morgan fingerprint density at radius 2 is 1.90 bits per heavy atom. The summed E-state index contributed by atoms with van der Waals surface area (Å²) in [5, 5.41) is 1.99. The van der Waals surface area contributed by atoms with Gasteiger partial charge in [-0.05, 0) is 80.5 Å². The zero-order valence-electron chi connectivity index (χ0n) is 18.1. The number of nitrogens with zero attached hydrogens (tertiary/aromatic N) is 2. The number of allylic oxidation sites excluding steroid dienone is 2. The first-order valence-corrected chi connectivity index (χ1v) is 12.3. The van der Waals surface area contributed by atoms with Crippen molar-refractivity contribution in [1.29, 1.82) is 0 Å². The Bertz CT molecular complexity index is 809. The number of amides is 1. The molecule has 1 fully saturated rings. The third kappa shape index (κ3) is 5.41. The van der Waals surface area contributed by atoms with E-state index in [9.17, 15) is 4.79 Å². The van der Waals surface area contributed by atoms with Gasteiger partial charge in [0.05, 0.1) is 4.88 Å². The zero-order chi connectivity index (χ0) is 20.8. The Morgan fingerprint density at radius 3 is 2.57 bits per heavy atom. The minimum absolute atomic E-state index is 0.169. The molecular weight excluding hydrogens is 388 g/mol. The number of carbonyl (C=O) groups excluding carboxylic acids is 1. The predicted octanol–water partition coefficient (Wildman–Crippen LogP) is 5.50. The highest BCUT2D eigenvalue weighted by molar-refractivity contribution is 7.12. The van der Waals surface area contributed by atoms with E-state index in [-0.39, 0.29) is 11.9 Å². The fourth-order valence-electron chi connectivity index (χ4n) is 5.11. The van der Waals surface area contributed by atoms with Crippen LogP contribution in [0.4, 0.5) is 0 Å². The largest absolute Gasteiger partial charge is 0.337 e. The second-order valence-electron chi connectivity index (χ2n) is 8.94. The van der Waals surface area contributed by atoms with Crippen LogP contribution in [0.5, 0.6) is 0 Å². The number of carbonyl (C=O) groups is 1. The molecule has 0 radical (unpaired) electrons. The summed E-state index contributed by atoms with van der Waals surface area (Å²) < 4.78 is 0. The van der Waals surface area contributed by atoms with Crippen LogP contribution >= 0.6 is 11.3 Å². The van der Waals surface area contributed by atoms with Crippen LogP contribution in [0, 0.1) is 11.8 Å². The number of benzene rings is 1. The summed E-state index contributed by atoms with van der Waals surface area (Å²) in [6, 6.07) is 14.8. The minimum Gasteiger partial charge on any atom is -0.337 e. The lowest BCUT2D eigenvalue weighted by atomic mass is 9.84. The van der Waals surface area contributed by atoms with Gasteiger partial charge in [0.2, 0.25) is 0 Å². The number of piperidine rings is 1. The van der Waals surface area contributed by atoms with Crippen molar-refractivity contribution in [2.45, 2.75) is 44.6 Å². The van der Waals surface area contributed by atoms with E-state index >= 15 is 0 Å². The molecule has 4 rings (SSSR count). The van der Waals surface area contributed by atoms with Gasteiger partial charge in [0, 0.05) is 19.6 Å². The Morgan fingerprint density at radius 1 is 1.10 bits per heavy atom. The first kappa shape index (κ1) is 21.3.